The first-order chi connectivity index (χ1) is 8.90. The van der Waals surface area contributed by atoms with Gasteiger partial charge in [0.1, 0.15) is 17.5 Å². The summed E-state index contributed by atoms with van der Waals surface area (Å²) in [6.07, 6.45) is 0.771. The first kappa shape index (κ1) is 12.9. The maximum absolute atomic E-state index is 12.0. The minimum Gasteiger partial charge on any atom is -0.484 e. The van der Waals surface area contributed by atoms with Crippen molar-refractivity contribution >= 4 is 17.2 Å². The minimum absolute atomic E-state index is 0.138. The van der Waals surface area contributed by atoms with E-state index in [1.165, 1.54) is 0 Å². The Bertz CT molecular complexity index is 523. The van der Waals surface area contributed by atoms with E-state index in [1.54, 1.807) is 11.3 Å². The lowest BCUT2D eigenvalue weighted by Crippen LogP contribution is -2.53. The molecule has 3 heterocycles. The van der Waals surface area contributed by atoms with Gasteiger partial charge in [0.05, 0.1) is 10.9 Å². The van der Waals surface area contributed by atoms with Crippen LogP contribution in [0.4, 0.5) is 0 Å². The second-order valence-electron chi connectivity index (χ2n) is 5.87. The zero-order valence-electron chi connectivity index (χ0n) is 11.5. The third kappa shape index (κ3) is 1.96. The standard InChI is InChI=1S/C14H19NO3S/c1-8-7-9-12(19-8)11(13(17)14(2,3)18-9)15-6-4-5-10(15)16/h7,11,13,17H,4-6H2,1-3H3/t11-,13+/m1/s1. The quantitative estimate of drug-likeness (QED) is 0.859. The molecule has 1 amide bonds. The lowest BCUT2D eigenvalue weighted by molar-refractivity contribution is -0.139. The number of hydrogen-bond acceptors (Lipinski definition) is 4. The number of nitrogens with zero attached hydrogens (tertiary/aromatic N) is 1. The van der Waals surface area contributed by atoms with Gasteiger partial charge in [-0.15, -0.1) is 11.3 Å². The predicted molar refractivity (Wildman–Crippen MR) is 73.5 cm³/mol. The number of fused-ring (bicyclic) bond motifs is 1. The van der Waals surface area contributed by atoms with Gasteiger partial charge in [-0.2, -0.15) is 0 Å². The summed E-state index contributed by atoms with van der Waals surface area (Å²) in [7, 11) is 0. The number of aryl methyl sites for hydroxylation is 1. The van der Waals surface area contributed by atoms with Crippen molar-refractivity contribution in [2.75, 3.05) is 6.54 Å². The second kappa shape index (κ2) is 4.21. The molecule has 0 radical (unpaired) electrons. The van der Waals surface area contributed by atoms with Gasteiger partial charge < -0.3 is 14.7 Å². The molecule has 1 aromatic rings. The smallest absolute Gasteiger partial charge is 0.223 e. The number of aliphatic hydroxyl groups excluding tert-OH is 1. The molecule has 2 aliphatic rings. The Morgan fingerprint density at radius 2 is 2.26 bits per heavy atom. The first-order valence-electron chi connectivity index (χ1n) is 6.67. The maximum Gasteiger partial charge on any atom is 0.223 e. The number of ether oxygens (including phenoxy) is 1. The number of thiophene rings is 1. The third-order valence-corrected chi connectivity index (χ3v) is 5.05. The molecule has 0 saturated carbocycles. The Morgan fingerprint density at radius 1 is 1.53 bits per heavy atom. The molecule has 0 aromatic carbocycles. The molecule has 0 spiro atoms. The average molecular weight is 281 g/mol. The van der Waals surface area contributed by atoms with Crippen LogP contribution in [0.3, 0.4) is 0 Å². The van der Waals surface area contributed by atoms with Crippen molar-refractivity contribution in [3.05, 3.63) is 15.8 Å². The zero-order chi connectivity index (χ0) is 13.8. The second-order valence-corrected chi connectivity index (χ2v) is 7.16. The molecule has 2 aliphatic heterocycles. The first-order valence-corrected chi connectivity index (χ1v) is 7.48. The molecule has 104 valence electrons. The molecule has 1 N–H and O–H groups in total. The average Bonchev–Trinajstić information content (AvgIpc) is 2.86. The molecule has 0 unspecified atom stereocenters. The van der Waals surface area contributed by atoms with E-state index in [-0.39, 0.29) is 11.9 Å². The molecular formula is C14H19NO3S. The highest BCUT2D eigenvalue weighted by Crippen LogP contribution is 2.47. The van der Waals surface area contributed by atoms with Gasteiger partial charge in [0, 0.05) is 17.8 Å². The summed E-state index contributed by atoms with van der Waals surface area (Å²) in [4.78, 5) is 16.0. The Morgan fingerprint density at radius 3 is 2.89 bits per heavy atom. The largest absolute Gasteiger partial charge is 0.484 e. The molecular weight excluding hydrogens is 262 g/mol. The highest BCUT2D eigenvalue weighted by atomic mass is 32.1. The fraction of sp³-hybridized carbons (Fsp3) is 0.643. The molecule has 0 aliphatic carbocycles. The van der Waals surface area contributed by atoms with E-state index in [9.17, 15) is 9.90 Å². The van der Waals surface area contributed by atoms with Crippen molar-refractivity contribution in [1.29, 1.82) is 0 Å². The van der Waals surface area contributed by atoms with Crippen LogP contribution in [0.15, 0.2) is 6.07 Å². The molecule has 1 fully saturated rings. The predicted octanol–water partition coefficient (Wildman–Crippen LogP) is 2.25. The number of likely N-dealkylation sites (tertiary alicyclic amines) is 1. The summed E-state index contributed by atoms with van der Waals surface area (Å²) in [6, 6.07) is 1.74. The van der Waals surface area contributed by atoms with Crippen molar-refractivity contribution in [2.45, 2.75) is 51.4 Å². The van der Waals surface area contributed by atoms with Gasteiger partial charge in [-0.05, 0) is 33.3 Å². The van der Waals surface area contributed by atoms with Crippen LogP contribution in [0.5, 0.6) is 5.75 Å². The normalized spacial score (nSPS) is 29.3. The van der Waals surface area contributed by atoms with Crippen LogP contribution >= 0.6 is 11.3 Å². The van der Waals surface area contributed by atoms with E-state index < -0.39 is 11.7 Å². The van der Waals surface area contributed by atoms with E-state index in [4.69, 9.17) is 4.74 Å². The van der Waals surface area contributed by atoms with Crippen molar-refractivity contribution in [1.82, 2.24) is 4.90 Å². The lowest BCUT2D eigenvalue weighted by atomic mass is 9.90. The number of hydrogen-bond donors (Lipinski definition) is 1. The molecule has 19 heavy (non-hydrogen) atoms. The molecule has 4 nitrogen and oxygen atoms in total. The molecule has 5 heteroatoms. The Balaban J connectivity index is 2.07. The fourth-order valence-corrected chi connectivity index (χ4v) is 4.03. The topological polar surface area (TPSA) is 49.8 Å². The summed E-state index contributed by atoms with van der Waals surface area (Å²) >= 11 is 1.61. The van der Waals surface area contributed by atoms with Crippen LogP contribution in [0.2, 0.25) is 0 Å². The third-order valence-electron chi connectivity index (χ3n) is 3.95. The minimum atomic E-state index is -0.694. The van der Waals surface area contributed by atoms with Crippen molar-refractivity contribution in [2.24, 2.45) is 0 Å². The van der Waals surface area contributed by atoms with Gasteiger partial charge in [-0.3, -0.25) is 4.79 Å². The Labute approximate surface area is 117 Å². The van der Waals surface area contributed by atoms with Crippen LogP contribution in [0.25, 0.3) is 0 Å². The van der Waals surface area contributed by atoms with Gasteiger partial charge >= 0.3 is 0 Å². The van der Waals surface area contributed by atoms with E-state index in [0.29, 0.717) is 6.42 Å². The van der Waals surface area contributed by atoms with Crippen LogP contribution in [0.1, 0.15) is 42.5 Å². The summed E-state index contributed by atoms with van der Waals surface area (Å²) < 4.78 is 5.90. The van der Waals surface area contributed by atoms with Crippen LogP contribution in [-0.4, -0.2) is 34.2 Å². The highest BCUT2D eigenvalue weighted by Gasteiger charge is 2.48. The summed E-state index contributed by atoms with van der Waals surface area (Å²) in [5.41, 5.74) is -0.673. The van der Waals surface area contributed by atoms with Gasteiger partial charge in [-0.25, -0.2) is 0 Å². The SMILES string of the molecule is Cc1cc2c(s1)[C@@H](N1CCCC1=O)[C@H](O)C(C)(C)O2. The van der Waals surface area contributed by atoms with Crippen molar-refractivity contribution < 1.29 is 14.6 Å². The van der Waals surface area contributed by atoms with Gasteiger partial charge in [0.15, 0.2) is 0 Å². The molecule has 3 rings (SSSR count). The lowest BCUT2D eigenvalue weighted by Gasteiger charge is -2.43. The number of rotatable bonds is 1. The van der Waals surface area contributed by atoms with Crippen LogP contribution in [0, 0.1) is 6.92 Å². The highest BCUT2D eigenvalue weighted by molar-refractivity contribution is 7.12. The molecule has 2 atom stereocenters. The van der Waals surface area contributed by atoms with E-state index in [0.717, 1.165) is 28.5 Å². The maximum atomic E-state index is 12.0. The van der Waals surface area contributed by atoms with Gasteiger partial charge in [0.2, 0.25) is 5.91 Å². The summed E-state index contributed by atoms with van der Waals surface area (Å²) in [5.74, 6) is 0.959. The zero-order valence-corrected chi connectivity index (χ0v) is 12.3. The summed E-state index contributed by atoms with van der Waals surface area (Å²) in [6.45, 7) is 6.50. The number of carbonyl (C=O) groups is 1. The van der Waals surface area contributed by atoms with E-state index >= 15 is 0 Å². The van der Waals surface area contributed by atoms with Crippen LogP contribution in [-0.2, 0) is 4.79 Å². The Kier molecular flexibility index (Phi) is 2.87. The summed E-state index contributed by atoms with van der Waals surface area (Å²) in [5, 5.41) is 10.6. The van der Waals surface area contributed by atoms with Gasteiger partial charge in [-0.1, -0.05) is 0 Å². The number of aliphatic hydroxyl groups is 1. The molecule has 1 saturated heterocycles. The van der Waals surface area contributed by atoms with Crippen molar-refractivity contribution in [3.8, 4) is 5.75 Å². The van der Waals surface area contributed by atoms with Gasteiger partial charge in [0.25, 0.3) is 0 Å². The van der Waals surface area contributed by atoms with E-state index in [1.807, 2.05) is 31.7 Å². The molecule has 1 aromatic heterocycles. The Hall–Kier alpha value is -1.07. The monoisotopic (exact) mass is 281 g/mol. The van der Waals surface area contributed by atoms with E-state index in [2.05, 4.69) is 0 Å². The number of carbonyl (C=O) groups excluding carboxylic acids is 1. The fourth-order valence-electron chi connectivity index (χ4n) is 2.94. The molecule has 0 bridgehead atoms. The van der Waals surface area contributed by atoms with Crippen LogP contribution < -0.4 is 4.74 Å². The van der Waals surface area contributed by atoms with Crippen molar-refractivity contribution in [3.63, 3.8) is 0 Å². The number of amides is 1.